The fourth-order valence-corrected chi connectivity index (χ4v) is 6.70. The van der Waals surface area contributed by atoms with Crippen molar-refractivity contribution in [2.75, 3.05) is 0 Å². The van der Waals surface area contributed by atoms with E-state index in [4.69, 9.17) is 9.40 Å². The SMILES string of the molecule is c1ccc(-c2ccc(-c3cc(-c4ccc(-c5cc6ccccc6c6oc7ccccc7c56)cc4)cc(-c4ccccc4)n3)cc2)cc1. The van der Waals surface area contributed by atoms with Crippen molar-refractivity contribution >= 4 is 32.7 Å². The van der Waals surface area contributed by atoms with Crippen LogP contribution in [0.4, 0.5) is 0 Å². The van der Waals surface area contributed by atoms with E-state index in [0.717, 1.165) is 66.5 Å². The highest BCUT2D eigenvalue weighted by Gasteiger charge is 2.16. The second-order valence-electron chi connectivity index (χ2n) is 12.0. The molecule has 0 atom stereocenters. The third-order valence-electron chi connectivity index (χ3n) is 9.08. The first-order valence-electron chi connectivity index (χ1n) is 16.0. The molecule has 7 aromatic carbocycles. The number of aromatic nitrogens is 1. The molecular formula is C45H29NO. The molecule has 2 heteroatoms. The molecule has 0 saturated heterocycles. The predicted molar refractivity (Wildman–Crippen MR) is 196 cm³/mol. The van der Waals surface area contributed by atoms with E-state index in [2.05, 4.69) is 158 Å². The van der Waals surface area contributed by atoms with Crippen LogP contribution in [0.25, 0.3) is 88.6 Å². The van der Waals surface area contributed by atoms with Crippen LogP contribution >= 0.6 is 0 Å². The van der Waals surface area contributed by atoms with Crippen molar-refractivity contribution < 1.29 is 4.42 Å². The van der Waals surface area contributed by atoms with Gasteiger partial charge in [-0.2, -0.15) is 0 Å². The molecule has 0 spiro atoms. The molecule has 0 fully saturated rings. The summed E-state index contributed by atoms with van der Waals surface area (Å²) in [5.74, 6) is 0. The lowest BCUT2D eigenvalue weighted by Crippen LogP contribution is -1.91. The molecule has 2 aromatic heterocycles. The van der Waals surface area contributed by atoms with Crippen LogP contribution < -0.4 is 0 Å². The normalized spacial score (nSPS) is 11.4. The molecule has 0 aliphatic heterocycles. The molecule has 9 aromatic rings. The van der Waals surface area contributed by atoms with Crippen LogP contribution in [0.2, 0.25) is 0 Å². The maximum atomic E-state index is 6.46. The lowest BCUT2D eigenvalue weighted by Gasteiger charge is -2.12. The van der Waals surface area contributed by atoms with E-state index >= 15 is 0 Å². The lowest BCUT2D eigenvalue weighted by molar-refractivity contribution is 0.673. The molecule has 0 bridgehead atoms. The predicted octanol–water partition coefficient (Wildman–Crippen LogP) is 12.5. The quantitative estimate of drug-likeness (QED) is 0.197. The number of benzene rings is 7. The van der Waals surface area contributed by atoms with Crippen molar-refractivity contribution in [2.24, 2.45) is 0 Å². The van der Waals surface area contributed by atoms with Gasteiger partial charge < -0.3 is 4.42 Å². The van der Waals surface area contributed by atoms with Crippen LogP contribution in [0.1, 0.15) is 0 Å². The number of hydrogen-bond acceptors (Lipinski definition) is 2. The second kappa shape index (κ2) is 11.3. The maximum absolute atomic E-state index is 6.46. The fourth-order valence-electron chi connectivity index (χ4n) is 6.70. The van der Waals surface area contributed by atoms with Crippen molar-refractivity contribution in [1.29, 1.82) is 0 Å². The smallest absolute Gasteiger partial charge is 0.143 e. The number of fused-ring (bicyclic) bond motifs is 5. The fraction of sp³-hybridized carbons (Fsp3) is 0. The monoisotopic (exact) mass is 599 g/mol. The third-order valence-corrected chi connectivity index (χ3v) is 9.08. The summed E-state index contributed by atoms with van der Waals surface area (Å²) < 4.78 is 6.46. The average Bonchev–Trinajstić information content (AvgIpc) is 3.55. The van der Waals surface area contributed by atoms with Crippen molar-refractivity contribution in [1.82, 2.24) is 4.98 Å². The Hall–Kier alpha value is -6.25. The van der Waals surface area contributed by atoms with E-state index < -0.39 is 0 Å². The maximum Gasteiger partial charge on any atom is 0.143 e. The van der Waals surface area contributed by atoms with Crippen LogP contribution in [-0.4, -0.2) is 4.98 Å². The highest BCUT2D eigenvalue weighted by molar-refractivity contribution is 6.21. The van der Waals surface area contributed by atoms with E-state index in [0.29, 0.717) is 0 Å². The summed E-state index contributed by atoms with van der Waals surface area (Å²) in [6.07, 6.45) is 0. The van der Waals surface area contributed by atoms with Crippen molar-refractivity contribution in [3.8, 4) is 55.9 Å². The van der Waals surface area contributed by atoms with Crippen LogP contribution in [0.5, 0.6) is 0 Å². The molecular weight excluding hydrogens is 571 g/mol. The van der Waals surface area contributed by atoms with Gasteiger partial charge in [0.1, 0.15) is 11.2 Å². The van der Waals surface area contributed by atoms with Gasteiger partial charge in [-0.25, -0.2) is 4.98 Å². The molecule has 0 N–H and O–H groups in total. The first kappa shape index (κ1) is 27.1. The molecule has 0 aliphatic rings. The summed E-state index contributed by atoms with van der Waals surface area (Å²) >= 11 is 0. The number of nitrogens with zero attached hydrogens (tertiary/aromatic N) is 1. The van der Waals surface area contributed by atoms with E-state index in [9.17, 15) is 0 Å². The van der Waals surface area contributed by atoms with Crippen molar-refractivity contribution in [3.05, 3.63) is 176 Å². The Balaban J connectivity index is 1.16. The first-order valence-corrected chi connectivity index (χ1v) is 16.0. The zero-order chi connectivity index (χ0) is 31.2. The molecule has 47 heavy (non-hydrogen) atoms. The summed E-state index contributed by atoms with van der Waals surface area (Å²) in [7, 11) is 0. The Morgan fingerprint density at radius 3 is 1.55 bits per heavy atom. The Labute approximate surface area is 273 Å². The largest absolute Gasteiger partial charge is 0.455 e. The molecule has 2 nitrogen and oxygen atoms in total. The Bertz CT molecular complexity index is 2530. The Morgan fingerprint density at radius 2 is 0.851 bits per heavy atom. The number of pyridine rings is 1. The van der Waals surface area contributed by atoms with Crippen LogP contribution in [0.15, 0.2) is 180 Å². The van der Waals surface area contributed by atoms with E-state index in [1.807, 2.05) is 18.2 Å². The van der Waals surface area contributed by atoms with Gasteiger partial charge in [0, 0.05) is 27.3 Å². The molecule has 0 radical (unpaired) electrons. The topological polar surface area (TPSA) is 26.0 Å². The molecule has 220 valence electrons. The van der Waals surface area contributed by atoms with Crippen molar-refractivity contribution in [2.45, 2.75) is 0 Å². The third kappa shape index (κ3) is 4.88. The van der Waals surface area contributed by atoms with Crippen LogP contribution in [0.3, 0.4) is 0 Å². The molecule has 0 aliphatic carbocycles. The summed E-state index contributed by atoms with van der Waals surface area (Å²) in [5.41, 5.74) is 12.9. The molecule has 0 unspecified atom stereocenters. The van der Waals surface area contributed by atoms with Crippen molar-refractivity contribution in [3.63, 3.8) is 0 Å². The summed E-state index contributed by atoms with van der Waals surface area (Å²) in [5, 5.41) is 4.59. The standard InChI is InChI=1S/C45H29NO/c1-3-11-30(12-4-1)31-21-25-35(26-22-31)42-29-37(28-41(46-42)34-13-5-2-6-14-34)32-19-23-33(24-20-32)40-27-36-15-7-8-16-38(36)45-44(40)39-17-9-10-18-43(39)47-45/h1-29H. The van der Waals surface area contributed by atoms with Gasteiger partial charge >= 0.3 is 0 Å². The van der Waals surface area contributed by atoms with Gasteiger partial charge in [0.2, 0.25) is 0 Å². The minimum Gasteiger partial charge on any atom is -0.455 e. The minimum absolute atomic E-state index is 0.909. The molecule has 0 saturated carbocycles. The summed E-state index contributed by atoms with van der Waals surface area (Å²) in [6, 6.07) is 62.0. The number of hydrogen-bond donors (Lipinski definition) is 0. The van der Waals surface area contributed by atoms with E-state index in [1.54, 1.807) is 0 Å². The highest BCUT2D eigenvalue weighted by Crippen LogP contribution is 2.41. The Kier molecular flexibility index (Phi) is 6.50. The van der Waals surface area contributed by atoms with Gasteiger partial charge in [0.15, 0.2) is 0 Å². The van der Waals surface area contributed by atoms with Gasteiger partial charge in [-0.15, -0.1) is 0 Å². The number of rotatable bonds is 5. The van der Waals surface area contributed by atoms with Gasteiger partial charge in [-0.3, -0.25) is 0 Å². The van der Waals surface area contributed by atoms with Gasteiger partial charge in [-0.05, 0) is 63.0 Å². The second-order valence-corrected chi connectivity index (χ2v) is 12.0. The van der Waals surface area contributed by atoms with Gasteiger partial charge in [0.25, 0.3) is 0 Å². The van der Waals surface area contributed by atoms with E-state index in [1.165, 1.54) is 22.1 Å². The van der Waals surface area contributed by atoms with Gasteiger partial charge in [-0.1, -0.05) is 152 Å². The zero-order valence-corrected chi connectivity index (χ0v) is 25.6. The highest BCUT2D eigenvalue weighted by atomic mass is 16.3. The summed E-state index contributed by atoms with van der Waals surface area (Å²) in [6.45, 7) is 0. The zero-order valence-electron chi connectivity index (χ0n) is 25.6. The average molecular weight is 600 g/mol. The first-order chi connectivity index (χ1) is 23.3. The molecule has 0 amide bonds. The Morgan fingerprint density at radius 1 is 0.362 bits per heavy atom. The van der Waals surface area contributed by atoms with E-state index in [-0.39, 0.29) is 0 Å². The molecule has 2 heterocycles. The number of furan rings is 1. The van der Waals surface area contributed by atoms with Gasteiger partial charge in [0.05, 0.1) is 11.4 Å². The van der Waals surface area contributed by atoms with Crippen LogP contribution in [-0.2, 0) is 0 Å². The minimum atomic E-state index is 0.909. The lowest BCUT2D eigenvalue weighted by atomic mass is 9.93. The summed E-state index contributed by atoms with van der Waals surface area (Å²) in [4.78, 5) is 5.14. The van der Waals surface area contributed by atoms with Crippen LogP contribution in [0, 0.1) is 0 Å². The number of para-hydroxylation sites is 1. The molecule has 9 rings (SSSR count).